The molecule has 0 amide bonds. The van der Waals surface area contributed by atoms with E-state index in [1.807, 2.05) is 48.5 Å². The van der Waals surface area contributed by atoms with Crippen molar-refractivity contribution in [3.8, 4) is 28.6 Å². The predicted octanol–water partition coefficient (Wildman–Crippen LogP) is 9.97. The Morgan fingerprint density at radius 3 is 2.05 bits per heavy atom. The first-order valence-corrected chi connectivity index (χ1v) is 13.8. The molecule has 8 aromatic rings. The van der Waals surface area contributed by atoms with Crippen molar-refractivity contribution in [2.75, 3.05) is 0 Å². The third-order valence-electron chi connectivity index (χ3n) is 8.16. The summed E-state index contributed by atoms with van der Waals surface area (Å²) in [6, 6.07) is 47.8. The molecule has 0 spiro atoms. The SMILES string of the molecule is [C-]#[N+]c1ccccc1-n1c2ccccc2c2ccc(-c3cccc4c5ccccc5n(-c5cccc(C#N)c5)c34)cc21. The molecule has 0 saturated heterocycles. The molecule has 0 aliphatic heterocycles. The Kier molecular flexibility index (Phi) is 5.22. The van der Waals surface area contributed by atoms with Crippen molar-refractivity contribution in [2.45, 2.75) is 0 Å². The predicted molar refractivity (Wildman–Crippen MR) is 172 cm³/mol. The summed E-state index contributed by atoms with van der Waals surface area (Å²) in [6.45, 7) is 7.85. The molecule has 0 N–H and O–H groups in total. The smallest absolute Gasteiger partial charge is 0.210 e. The molecule has 0 fully saturated rings. The maximum atomic E-state index is 9.66. The van der Waals surface area contributed by atoms with Gasteiger partial charge in [-0.2, -0.15) is 5.26 Å². The highest BCUT2D eigenvalue weighted by atomic mass is 15.0. The molecule has 0 aliphatic carbocycles. The van der Waals surface area contributed by atoms with Crippen LogP contribution in [0.3, 0.4) is 0 Å². The van der Waals surface area contributed by atoms with Crippen LogP contribution < -0.4 is 0 Å². The minimum atomic E-state index is 0.616. The molecule has 0 aliphatic rings. The van der Waals surface area contributed by atoms with Crippen LogP contribution in [0.5, 0.6) is 0 Å². The van der Waals surface area contributed by atoms with Crippen molar-refractivity contribution in [2.24, 2.45) is 0 Å². The van der Waals surface area contributed by atoms with Gasteiger partial charge < -0.3 is 9.13 Å². The third-order valence-corrected chi connectivity index (χ3v) is 8.16. The average molecular weight is 535 g/mol. The van der Waals surface area contributed by atoms with Crippen LogP contribution in [0, 0.1) is 17.9 Å². The molecule has 0 saturated carbocycles. The minimum absolute atomic E-state index is 0.616. The first-order valence-electron chi connectivity index (χ1n) is 13.8. The number of rotatable bonds is 3. The number of hydrogen-bond donors (Lipinski definition) is 0. The van der Waals surface area contributed by atoms with Crippen LogP contribution in [0.4, 0.5) is 5.69 Å². The van der Waals surface area contributed by atoms with Crippen LogP contribution in [-0.4, -0.2) is 9.13 Å². The van der Waals surface area contributed by atoms with Gasteiger partial charge in [0.1, 0.15) is 0 Å². The van der Waals surface area contributed by atoms with Gasteiger partial charge in [0.25, 0.3) is 0 Å². The molecule has 0 bridgehead atoms. The zero-order valence-corrected chi connectivity index (χ0v) is 22.5. The Balaban J connectivity index is 1.48. The summed E-state index contributed by atoms with van der Waals surface area (Å²) in [4.78, 5) is 3.85. The fourth-order valence-electron chi connectivity index (χ4n) is 6.38. The summed E-state index contributed by atoms with van der Waals surface area (Å²) < 4.78 is 4.49. The number of aromatic nitrogens is 2. The number of hydrogen-bond acceptors (Lipinski definition) is 1. The van der Waals surface area contributed by atoms with E-state index >= 15 is 0 Å². The molecular formula is C38H22N4. The molecule has 4 nitrogen and oxygen atoms in total. The van der Waals surface area contributed by atoms with Crippen molar-refractivity contribution < 1.29 is 0 Å². The lowest BCUT2D eigenvalue weighted by Gasteiger charge is -2.13. The number of nitrogens with zero attached hydrogens (tertiary/aromatic N) is 4. The average Bonchev–Trinajstić information content (AvgIpc) is 3.57. The van der Waals surface area contributed by atoms with Crippen LogP contribution in [0.25, 0.3) is 71.0 Å². The van der Waals surface area contributed by atoms with E-state index < -0.39 is 0 Å². The maximum Gasteiger partial charge on any atom is 0.210 e. The molecule has 6 aromatic carbocycles. The van der Waals surface area contributed by atoms with Crippen molar-refractivity contribution in [1.29, 1.82) is 5.26 Å². The summed E-state index contributed by atoms with van der Waals surface area (Å²) in [5, 5.41) is 14.3. The highest BCUT2D eigenvalue weighted by Crippen LogP contribution is 2.41. The van der Waals surface area contributed by atoms with Gasteiger partial charge in [-0.15, -0.1) is 0 Å². The molecule has 4 heteroatoms. The van der Waals surface area contributed by atoms with Crippen molar-refractivity contribution in [3.63, 3.8) is 0 Å². The number of nitriles is 1. The third kappa shape index (κ3) is 3.40. The number of benzene rings is 6. The van der Waals surface area contributed by atoms with Crippen molar-refractivity contribution in [1.82, 2.24) is 9.13 Å². The minimum Gasteiger partial charge on any atom is -0.319 e. The Hall–Kier alpha value is -6.10. The van der Waals surface area contributed by atoms with Gasteiger partial charge in [-0.25, -0.2) is 4.85 Å². The highest BCUT2D eigenvalue weighted by Gasteiger charge is 2.19. The molecule has 2 heterocycles. The lowest BCUT2D eigenvalue weighted by molar-refractivity contribution is 1.18. The van der Waals surface area contributed by atoms with E-state index in [1.54, 1.807) is 0 Å². The standard InChI is InChI=1S/C38H22N4/c1-40-33-16-4-7-19-36(33)42-35-18-6-2-12-29(35)31-21-20-26(23-37(31)42)28-14-9-15-32-30-13-3-5-17-34(30)41(38(28)32)27-11-8-10-25(22-27)24-39/h2-23H. The van der Waals surface area contributed by atoms with Crippen molar-refractivity contribution >= 4 is 49.3 Å². The summed E-state index contributed by atoms with van der Waals surface area (Å²) in [7, 11) is 0. The van der Waals surface area contributed by atoms with E-state index in [9.17, 15) is 5.26 Å². The van der Waals surface area contributed by atoms with E-state index in [0.29, 0.717) is 11.3 Å². The molecular weight excluding hydrogens is 512 g/mol. The fourth-order valence-corrected chi connectivity index (χ4v) is 6.38. The Labute approximate surface area is 242 Å². The van der Waals surface area contributed by atoms with Crippen LogP contribution in [-0.2, 0) is 0 Å². The Morgan fingerprint density at radius 1 is 0.571 bits per heavy atom. The summed E-state index contributed by atoms with van der Waals surface area (Å²) >= 11 is 0. The van der Waals surface area contributed by atoms with Gasteiger partial charge in [0.2, 0.25) is 5.69 Å². The van der Waals surface area contributed by atoms with Gasteiger partial charge in [-0.1, -0.05) is 91.0 Å². The normalized spacial score (nSPS) is 11.3. The van der Waals surface area contributed by atoms with E-state index in [1.165, 1.54) is 0 Å². The molecule has 42 heavy (non-hydrogen) atoms. The fraction of sp³-hybridized carbons (Fsp3) is 0. The van der Waals surface area contributed by atoms with Gasteiger partial charge in [-0.3, -0.25) is 0 Å². The number of fused-ring (bicyclic) bond motifs is 6. The van der Waals surface area contributed by atoms with Gasteiger partial charge in [0.15, 0.2) is 0 Å². The van der Waals surface area contributed by atoms with Crippen LogP contribution in [0.1, 0.15) is 5.56 Å². The molecule has 194 valence electrons. The van der Waals surface area contributed by atoms with Gasteiger partial charge in [0.05, 0.1) is 46.0 Å². The van der Waals surface area contributed by atoms with Gasteiger partial charge in [-0.05, 0) is 48.0 Å². The quantitative estimate of drug-likeness (QED) is 0.208. The van der Waals surface area contributed by atoms with Crippen LogP contribution in [0.15, 0.2) is 133 Å². The highest BCUT2D eigenvalue weighted by molar-refractivity contribution is 6.15. The van der Waals surface area contributed by atoms with Gasteiger partial charge in [0, 0.05) is 32.8 Å². The zero-order valence-electron chi connectivity index (χ0n) is 22.5. The van der Waals surface area contributed by atoms with E-state index in [0.717, 1.165) is 66.1 Å². The molecule has 0 radical (unpaired) electrons. The van der Waals surface area contributed by atoms with Crippen LogP contribution >= 0.6 is 0 Å². The maximum absolute atomic E-state index is 9.66. The zero-order chi connectivity index (χ0) is 28.2. The monoisotopic (exact) mass is 534 g/mol. The summed E-state index contributed by atoms with van der Waals surface area (Å²) in [5.74, 6) is 0. The van der Waals surface area contributed by atoms with E-state index in [4.69, 9.17) is 6.57 Å². The first kappa shape index (κ1) is 23.8. The lowest BCUT2D eigenvalue weighted by atomic mass is 10.00. The molecule has 8 rings (SSSR count). The van der Waals surface area contributed by atoms with E-state index in [-0.39, 0.29) is 0 Å². The summed E-state index contributed by atoms with van der Waals surface area (Å²) in [6.07, 6.45) is 0. The molecule has 0 atom stereocenters. The number of para-hydroxylation sites is 5. The second-order valence-corrected chi connectivity index (χ2v) is 10.4. The largest absolute Gasteiger partial charge is 0.319 e. The Morgan fingerprint density at radius 2 is 1.24 bits per heavy atom. The summed E-state index contributed by atoms with van der Waals surface area (Å²) in [5.41, 5.74) is 9.56. The first-order chi connectivity index (χ1) is 20.8. The molecule has 2 aromatic heterocycles. The lowest BCUT2D eigenvalue weighted by Crippen LogP contribution is -1.97. The second-order valence-electron chi connectivity index (χ2n) is 10.4. The Bertz CT molecular complexity index is 2440. The van der Waals surface area contributed by atoms with E-state index in [2.05, 4.69) is 105 Å². The second kappa shape index (κ2) is 9.24. The van der Waals surface area contributed by atoms with Crippen molar-refractivity contribution in [3.05, 3.63) is 150 Å². The topological polar surface area (TPSA) is 38.0 Å². The van der Waals surface area contributed by atoms with Gasteiger partial charge >= 0.3 is 0 Å². The molecule has 0 unspecified atom stereocenters. The van der Waals surface area contributed by atoms with Crippen LogP contribution in [0.2, 0.25) is 0 Å².